The van der Waals surface area contributed by atoms with Gasteiger partial charge in [-0.05, 0) is 32.1 Å². The summed E-state index contributed by atoms with van der Waals surface area (Å²) in [5.41, 5.74) is -0.825. The van der Waals surface area contributed by atoms with Gasteiger partial charge in [0, 0.05) is 57.9 Å². The Kier molecular flexibility index (Phi) is 10.0. The maximum atomic E-state index is 12.6. The fraction of sp³-hybridized carbons (Fsp3) is 0.778. The molecule has 2 N–H and O–H groups in total. The molecule has 0 saturated carbocycles. The highest BCUT2D eigenvalue weighted by Gasteiger charge is 2.33. The average molecular weight is 423 g/mol. The quantitative estimate of drug-likeness (QED) is 0.345. The zero-order valence-corrected chi connectivity index (χ0v) is 17.0. The molecule has 0 spiro atoms. The Labute approximate surface area is 167 Å². The Morgan fingerprint density at radius 2 is 2.14 bits per heavy atom. The van der Waals surface area contributed by atoms with Crippen molar-refractivity contribution in [2.24, 2.45) is 10.9 Å². The summed E-state index contributed by atoms with van der Waals surface area (Å²) >= 11 is 1.02. The molecule has 1 aromatic heterocycles. The highest BCUT2D eigenvalue weighted by molar-refractivity contribution is 7.09. The third-order valence-corrected chi connectivity index (χ3v) is 5.14. The summed E-state index contributed by atoms with van der Waals surface area (Å²) in [7, 11) is 0. The van der Waals surface area contributed by atoms with E-state index >= 15 is 0 Å². The first-order valence-corrected chi connectivity index (χ1v) is 10.6. The zero-order valence-electron chi connectivity index (χ0n) is 16.2. The van der Waals surface area contributed by atoms with Crippen LogP contribution in [0.3, 0.4) is 0 Å². The van der Waals surface area contributed by atoms with Gasteiger partial charge in [-0.25, -0.2) is 4.98 Å². The van der Waals surface area contributed by atoms with Gasteiger partial charge in [0.2, 0.25) is 0 Å². The molecule has 28 heavy (non-hydrogen) atoms. The highest BCUT2D eigenvalue weighted by atomic mass is 32.1. The number of nitrogens with zero attached hydrogens (tertiary/aromatic N) is 2. The Hall–Kier alpha value is -1.39. The lowest BCUT2D eigenvalue weighted by molar-refractivity contribution is -0.140. The molecule has 1 aliphatic heterocycles. The number of alkyl halides is 3. The Balaban J connectivity index is 1.62. The third kappa shape index (κ3) is 8.74. The summed E-state index contributed by atoms with van der Waals surface area (Å²) in [5, 5.41) is 7.76. The van der Waals surface area contributed by atoms with E-state index in [2.05, 4.69) is 20.6 Å². The van der Waals surface area contributed by atoms with E-state index in [0.717, 1.165) is 55.8 Å². The van der Waals surface area contributed by atoms with Gasteiger partial charge in [-0.2, -0.15) is 13.2 Å². The molecule has 0 unspecified atom stereocenters. The van der Waals surface area contributed by atoms with Crippen LogP contribution < -0.4 is 10.6 Å². The van der Waals surface area contributed by atoms with Crippen LogP contribution >= 0.6 is 11.3 Å². The normalized spacial score (nSPS) is 16.4. The van der Waals surface area contributed by atoms with Crippen molar-refractivity contribution in [3.05, 3.63) is 16.1 Å². The molecule has 0 atom stereocenters. The van der Waals surface area contributed by atoms with Gasteiger partial charge in [-0.3, -0.25) is 4.99 Å². The van der Waals surface area contributed by atoms with Gasteiger partial charge in [0.05, 0.1) is 5.01 Å². The second-order valence-electron chi connectivity index (χ2n) is 6.55. The topological polar surface area (TPSA) is 67.8 Å². The van der Waals surface area contributed by atoms with Crippen LogP contribution in [0.15, 0.2) is 10.4 Å². The smallest absolute Gasteiger partial charge is 0.381 e. The van der Waals surface area contributed by atoms with Gasteiger partial charge < -0.3 is 20.1 Å². The number of ether oxygens (including phenoxy) is 2. The molecule has 160 valence electrons. The predicted octanol–water partition coefficient (Wildman–Crippen LogP) is 3.09. The number of rotatable bonds is 10. The van der Waals surface area contributed by atoms with Crippen LogP contribution in [-0.2, 0) is 22.1 Å². The van der Waals surface area contributed by atoms with E-state index in [9.17, 15) is 13.2 Å². The van der Waals surface area contributed by atoms with E-state index in [-0.39, 0.29) is 0 Å². The van der Waals surface area contributed by atoms with Crippen molar-refractivity contribution in [3.8, 4) is 0 Å². The molecule has 2 rings (SSSR count). The molecule has 2 heterocycles. The molecule has 0 aliphatic carbocycles. The lowest BCUT2D eigenvalue weighted by Crippen LogP contribution is -2.38. The zero-order chi connectivity index (χ0) is 20.2. The number of guanidine groups is 1. The summed E-state index contributed by atoms with van der Waals surface area (Å²) in [6.07, 6.45) is -1.02. The largest absolute Gasteiger partial charge is 0.434 e. The van der Waals surface area contributed by atoms with E-state index in [1.54, 1.807) is 0 Å². The van der Waals surface area contributed by atoms with Gasteiger partial charge in [0.15, 0.2) is 11.7 Å². The first-order chi connectivity index (χ1) is 13.5. The van der Waals surface area contributed by atoms with Crippen LogP contribution in [-0.4, -0.2) is 57.0 Å². The van der Waals surface area contributed by atoms with Crippen LogP contribution in [0.4, 0.5) is 13.2 Å². The standard InChI is InChI=1S/C18H29F3N4O2S/c1-2-22-17(23-7-3-9-27-12-14-5-10-26-11-6-14)24-8-4-16-25-15(13-28-16)18(19,20)21/h13-14H,2-12H2,1H3,(H2,22,23,24). The minimum atomic E-state index is -4.38. The molecule has 0 amide bonds. The lowest BCUT2D eigenvalue weighted by Gasteiger charge is -2.21. The van der Waals surface area contributed by atoms with Crippen LogP contribution in [0, 0.1) is 5.92 Å². The van der Waals surface area contributed by atoms with E-state index in [4.69, 9.17) is 9.47 Å². The molecule has 1 fully saturated rings. The molecule has 10 heteroatoms. The second-order valence-corrected chi connectivity index (χ2v) is 7.49. The summed E-state index contributed by atoms with van der Waals surface area (Å²) in [5.74, 6) is 1.25. The number of hydrogen-bond acceptors (Lipinski definition) is 5. The number of halogens is 3. The summed E-state index contributed by atoms with van der Waals surface area (Å²) in [6.45, 7) is 6.86. The van der Waals surface area contributed by atoms with Crippen molar-refractivity contribution in [1.82, 2.24) is 15.6 Å². The maximum absolute atomic E-state index is 12.6. The SMILES string of the molecule is CCNC(=NCCCOCC1CCOCC1)NCCc1nc(C(F)(F)F)cs1. The molecule has 1 aromatic rings. The minimum absolute atomic E-state index is 0.416. The molecular formula is C18H29F3N4O2S. The van der Waals surface area contributed by atoms with Gasteiger partial charge in [-0.1, -0.05) is 0 Å². The Morgan fingerprint density at radius 3 is 2.82 bits per heavy atom. The average Bonchev–Trinajstić information content (AvgIpc) is 3.15. The van der Waals surface area contributed by atoms with Crippen LogP contribution in [0.2, 0.25) is 0 Å². The van der Waals surface area contributed by atoms with Crippen molar-refractivity contribution < 1.29 is 22.6 Å². The van der Waals surface area contributed by atoms with E-state index in [1.165, 1.54) is 0 Å². The molecule has 1 saturated heterocycles. The number of aliphatic imine (C=N–C) groups is 1. The van der Waals surface area contributed by atoms with Crippen molar-refractivity contribution in [2.75, 3.05) is 46.1 Å². The first kappa shape index (κ1) is 22.9. The maximum Gasteiger partial charge on any atom is 0.434 e. The third-order valence-electron chi connectivity index (χ3n) is 4.23. The van der Waals surface area contributed by atoms with Crippen LogP contribution in [0.25, 0.3) is 0 Å². The number of aromatic nitrogens is 1. The molecule has 6 nitrogen and oxygen atoms in total. The Morgan fingerprint density at radius 1 is 1.36 bits per heavy atom. The van der Waals surface area contributed by atoms with Crippen LogP contribution in [0.1, 0.15) is 36.9 Å². The van der Waals surface area contributed by atoms with E-state index < -0.39 is 11.9 Å². The molecule has 0 aromatic carbocycles. The van der Waals surface area contributed by atoms with E-state index in [0.29, 0.717) is 49.5 Å². The van der Waals surface area contributed by atoms with Gasteiger partial charge in [0.25, 0.3) is 0 Å². The molecule has 0 radical (unpaired) electrons. The van der Waals surface area contributed by atoms with Crippen molar-refractivity contribution in [2.45, 2.75) is 38.8 Å². The van der Waals surface area contributed by atoms with Crippen molar-refractivity contribution >= 4 is 17.3 Å². The summed E-state index contributed by atoms with van der Waals surface area (Å²) < 4.78 is 48.8. The predicted molar refractivity (Wildman–Crippen MR) is 104 cm³/mol. The highest BCUT2D eigenvalue weighted by Crippen LogP contribution is 2.29. The van der Waals surface area contributed by atoms with E-state index in [1.807, 2.05) is 6.92 Å². The summed E-state index contributed by atoms with van der Waals surface area (Å²) in [4.78, 5) is 8.10. The summed E-state index contributed by atoms with van der Waals surface area (Å²) in [6, 6.07) is 0. The molecular weight excluding hydrogens is 393 g/mol. The number of nitrogens with one attached hydrogen (secondary N) is 2. The first-order valence-electron chi connectivity index (χ1n) is 9.68. The van der Waals surface area contributed by atoms with Crippen molar-refractivity contribution in [3.63, 3.8) is 0 Å². The number of hydrogen-bond donors (Lipinski definition) is 2. The number of thiazole rings is 1. The lowest BCUT2D eigenvalue weighted by atomic mass is 10.0. The Bertz CT molecular complexity index is 590. The fourth-order valence-electron chi connectivity index (χ4n) is 2.71. The van der Waals surface area contributed by atoms with Gasteiger partial charge in [0.1, 0.15) is 0 Å². The fourth-order valence-corrected chi connectivity index (χ4v) is 3.51. The van der Waals surface area contributed by atoms with Crippen molar-refractivity contribution in [1.29, 1.82) is 0 Å². The molecule has 0 bridgehead atoms. The van der Waals surface area contributed by atoms with Gasteiger partial charge >= 0.3 is 6.18 Å². The van der Waals surface area contributed by atoms with Crippen LogP contribution in [0.5, 0.6) is 0 Å². The monoisotopic (exact) mass is 422 g/mol. The minimum Gasteiger partial charge on any atom is -0.381 e. The van der Waals surface area contributed by atoms with Gasteiger partial charge in [-0.15, -0.1) is 11.3 Å². The second kappa shape index (κ2) is 12.2. The molecule has 1 aliphatic rings.